The Balaban J connectivity index is 1.93. The van der Waals surface area contributed by atoms with Crippen molar-refractivity contribution in [1.82, 2.24) is 4.98 Å². The molecule has 3 nitrogen and oxygen atoms in total. The zero-order valence-electron chi connectivity index (χ0n) is 12.9. The van der Waals surface area contributed by atoms with E-state index in [1.165, 1.54) is 0 Å². The summed E-state index contributed by atoms with van der Waals surface area (Å²) in [6, 6.07) is 6.02. The predicted molar refractivity (Wildman–Crippen MR) is 79.2 cm³/mol. The van der Waals surface area contributed by atoms with Crippen LogP contribution >= 0.6 is 0 Å². The molecule has 0 saturated heterocycles. The summed E-state index contributed by atoms with van der Waals surface area (Å²) >= 11 is 0. The zero-order valence-corrected chi connectivity index (χ0v) is 12.9. The second-order valence-electron chi connectivity index (χ2n) is 6.98. The summed E-state index contributed by atoms with van der Waals surface area (Å²) in [4.78, 5) is 16.6. The molecule has 1 saturated carbocycles. The normalized spacial score (nSPS) is 26.5. The van der Waals surface area contributed by atoms with E-state index in [1.807, 2.05) is 39.1 Å². The van der Waals surface area contributed by atoms with Crippen LogP contribution in [-0.2, 0) is 16.0 Å². The maximum atomic E-state index is 12.2. The van der Waals surface area contributed by atoms with Gasteiger partial charge in [-0.15, -0.1) is 0 Å². The van der Waals surface area contributed by atoms with Crippen molar-refractivity contribution in [3.8, 4) is 0 Å². The van der Waals surface area contributed by atoms with Crippen molar-refractivity contribution in [2.75, 3.05) is 0 Å². The van der Waals surface area contributed by atoms with E-state index in [4.69, 9.17) is 4.74 Å². The van der Waals surface area contributed by atoms with Crippen molar-refractivity contribution in [2.45, 2.75) is 52.6 Å². The van der Waals surface area contributed by atoms with Gasteiger partial charge in [0.2, 0.25) is 0 Å². The summed E-state index contributed by atoms with van der Waals surface area (Å²) < 4.78 is 5.54. The van der Waals surface area contributed by atoms with Crippen LogP contribution in [0.1, 0.15) is 46.2 Å². The van der Waals surface area contributed by atoms with Crippen molar-refractivity contribution in [1.29, 1.82) is 0 Å². The second-order valence-corrected chi connectivity index (χ2v) is 6.98. The SMILES string of the molecule is CC1CC(Cc2ccccn2)CC1C(=O)OC(C)(C)C. The molecule has 3 heteroatoms. The van der Waals surface area contributed by atoms with Crippen molar-refractivity contribution < 1.29 is 9.53 Å². The quantitative estimate of drug-likeness (QED) is 0.791. The molecule has 1 aromatic heterocycles. The third-order valence-electron chi connectivity index (χ3n) is 3.91. The van der Waals surface area contributed by atoms with Gasteiger partial charge in [0.25, 0.3) is 0 Å². The van der Waals surface area contributed by atoms with Crippen molar-refractivity contribution in [2.24, 2.45) is 17.8 Å². The van der Waals surface area contributed by atoms with E-state index < -0.39 is 5.60 Å². The van der Waals surface area contributed by atoms with E-state index in [2.05, 4.69) is 18.0 Å². The van der Waals surface area contributed by atoms with Crippen LogP contribution in [0.15, 0.2) is 24.4 Å². The first-order valence-electron chi connectivity index (χ1n) is 7.48. The van der Waals surface area contributed by atoms with Gasteiger partial charge in [-0.2, -0.15) is 0 Å². The zero-order chi connectivity index (χ0) is 14.8. The van der Waals surface area contributed by atoms with Crippen LogP contribution in [0.25, 0.3) is 0 Å². The number of aromatic nitrogens is 1. The van der Waals surface area contributed by atoms with Gasteiger partial charge in [0.05, 0.1) is 5.92 Å². The Kier molecular flexibility index (Phi) is 4.46. The number of hydrogen-bond acceptors (Lipinski definition) is 3. The molecule has 1 heterocycles. The van der Waals surface area contributed by atoms with Crippen molar-refractivity contribution in [3.63, 3.8) is 0 Å². The molecule has 1 aromatic rings. The minimum absolute atomic E-state index is 0.0338. The number of carbonyl (C=O) groups excluding carboxylic acids is 1. The van der Waals surface area contributed by atoms with Gasteiger partial charge in [-0.05, 0) is 64.0 Å². The first-order chi connectivity index (χ1) is 9.35. The fourth-order valence-corrected chi connectivity index (χ4v) is 3.06. The highest BCUT2D eigenvalue weighted by Crippen LogP contribution is 2.39. The molecular weight excluding hydrogens is 250 g/mol. The van der Waals surface area contributed by atoms with Crippen molar-refractivity contribution >= 4 is 5.97 Å². The molecule has 1 aliphatic carbocycles. The summed E-state index contributed by atoms with van der Waals surface area (Å²) in [6.07, 6.45) is 4.80. The number of esters is 1. The fourth-order valence-electron chi connectivity index (χ4n) is 3.06. The van der Waals surface area contributed by atoms with Crippen LogP contribution in [0, 0.1) is 17.8 Å². The molecule has 0 N–H and O–H groups in total. The molecule has 0 amide bonds. The number of nitrogens with zero attached hydrogens (tertiary/aromatic N) is 1. The molecule has 0 bridgehead atoms. The van der Waals surface area contributed by atoms with Crippen LogP contribution in [0.2, 0.25) is 0 Å². The molecule has 110 valence electrons. The number of ether oxygens (including phenoxy) is 1. The lowest BCUT2D eigenvalue weighted by Gasteiger charge is -2.23. The molecule has 0 spiro atoms. The highest BCUT2D eigenvalue weighted by molar-refractivity contribution is 5.73. The Morgan fingerprint density at radius 1 is 1.35 bits per heavy atom. The van der Waals surface area contributed by atoms with Gasteiger partial charge in [0, 0.05) is 11.9 Å². The van der Waals surface area contributed by atoms with Gasteiger partial charge < -0.3 is 4.74 Å². The van der Waals surface area contributed by atoms with Gasteiger partial charge in [-0.1, -0.05) is 13.0 Å². The number of carbonyl (C=O) groups is 1. The summed E-state index contributed by atoms with van der Waals surface area (Å²) in [6.45, 7) is 7.94. The summed E-state index contributed by atoms with van der Waals surface area (Å²) in [7, 11) is 0. The standard InChI is InChI=1S/C17H25NO2/c1-12-9-13(10-14-7-5-6-8-18-14)11-15(12)16(19)20-17(2,3)4/h5-8,12-13,15H,9-11H2,1-4H3. The molecule has 2 rings (SSSR count). The Bertz CT molecular complexity index is 450. The third kappa shape index (κ3) is 4.06. The fraction of sp³-hybridized carbons (Fsp3) is 0.647. The van der Waals surface area contributed by atoms with Crippen LogP contribution in [0.5, 0.6) is 0 Å². The average molecular weight is 275 g/mol. The molecule has 3 atom stereocenters. The Morgan fingerprint density at radius 3 is 2.70 bits per heavy atom. The van der Waals surface area contributed by atoms with Crippen LogP contribution in [0.3, 0.4) is 0 Å². The van der Waals surface area contributed by atoms with Gasteiger partial charge in [0.1, 0.15) is 5.60 Å². The van der Waals surface area contributed by atoms with E-state index in [9.17, 15) is 4.79 Å². The lowest BCUT2D eigenvalue weighted by Crippen LogP contribution is -2.29. The minimum Gasteiger partial charge on any atom is -0.460 e. The molecule has 0 aromatic carbocycles. The smallest absolute Gasteiger partial charge is 0.309 e. The first-order valence-corrected chi connectivity index (χ1v) is 7.48. The molecule has 20 heavy (non-hydrogen) atoms. The van der Waals surface area contributed by atoms with Gasteiger partial charge in [0.15, 0.2) is 0 Å². The van der Waals surface area contributed by atoms with Crippen LogP contribution in [0.4, 0.5) is 0 Å². The maximum absolute atomic E-state index is 12.2. The Hall–Kier alpha value is -1.38. The molecule has 1 aliphatic rings. The highest BCUT2D eigenvalue weighted by Gasteiger charge is 2.38. The Morgan fingerprint density at radius 2 is 2.10 bits per heavy atom. The molecule has 0 aliphatic heterocycles. The predicted octanol–water partition coefficient (Wildman–Crippen LogP) is 3.63. The summed E-state index contributed by atoms with van der Waals surface area (Å²) in [5.74, 6) is 0.951. The second kappa shape index (κ2) is 5.94. The molecule has 1 fully saturated rings. The Labute approximate surface area is 121 Å². The average Bonchev–Trinajstić information content (AvgIpc) is 2.69. The van der Waals surface area contributed by atoms with Crippen molar-refractivity contribution in [3.05, 3.63) is 30.1 Å². The monoisotopic (exact) mass is 275 g/mol. The van der Waals surface area contributed by atoms with Crippen LogP contribution < -0.4 is 0 Å². The van der Waals surface area contributed by atoms with E-state index in [-0.39, 0.29) is 11.9 Å². The van der Waals surface area contributed by atoms with E-state index >= 15 is 0 Å². The summed E-state index contributed by atoms with van der Waals surface area (Å²) in [5.41, 5.74) is 0.727. The first kappa shape index (κ1) is 15.0. The van der Waals surface area contributed by atoms with Gasteiger partial charge in [-0.25, -0.2) is 0 Å². The topological polar surface area (TPSA) is 39.2 Å². The number of hydrogen-bond donors (Lipinski definition) is 0. The van der Waals surface area contributed by atoms with Crippen LogP contribution in [-0.4, -0.2) is 16.6 Å². The molecule has 0 radical (unpaired) electrons. The lowest BCUT2D eigenvalue weighted by molar-refractivity contribution is -0.161. The number of rotatable bonds is 3. The maximum Gasteiger partial charge on any atom is 0.309 e. The van der Waals surface area contributed by atoms with E-state index in [0.29, 0.717) is 11.8 Å². The van der Waals surface area contributed by atoms with E-state index in [1.54, 1.807) is 0 Å². The van der Waals surface area contributed by atoms with Gasteiger partial charge in [-0.3, -0.25) is 9.78 Å². The minimum atomic E-state index is -0.393. The summed E-state index contributed by atoms with van der Waals surface area (Å²) in [5, 5.41) is 0. The van der Waals surface area contributed by atoms with E-state index in [0.717, 1.165) is 25.0 Å². The molecular formula is C17H25NO2. The highest BCUT2D eigenvalue weighted by atomic mass is 16.6. The third-order valence-corrected chi connectivity index (χ3v) is 3.91. The molecule has 3 unspecified atom stereocenters. The number of pyridine rings is 1. The van der Waals surface area contributed by atoms with Gasteiger partial charge >= 0.3 is 5.97 Å². The lowest BCUT2D eigenvalue weighted by atomic mass is 9.98. The largest absolute Gasteiger partial charge is 0.460 e.